The van der Waals surface area contributed by atoms with Crippen molar-refractivity contribution in [1.29, 1.82) is 0 Å². The van der Waals surface area contributed by atoms with Gasteiger partial charge in [0.1, 0.15) is 11.3 Å². The lowest BCUT2D eigenvalue weighted by Crippen LogP contribution is -1.86. The van der Waals surface area contributed by atoms with Crippen molar-refractivity contribution in [2.45, 2.75) is 6.92 Å². The Labute approximate surface area is 191 Å². The third kappa shape index (κ3) is 3.40. The molecule has 0 radical (unpaired) electrons. The summed E-state index contributed by atoms with van der Waals surface area (Å²) in [6, 6.07) is 30.5. The monoisotopic (exact) mass is 452 g/mol. The maximum Gasteiger partial charge on any atom is 0.453 e. The maximum atomic E-state index is 6.41. The van der Waals surface area contributed by atoms with Crippen LogP contribution in [0.3, 0.4) is 0 Å². The molecule has 4 nitrogen and oxygen atoms in total. The molecular weight excluding hydrogens is 431 g/mol. The zero-order valence-electron chi connectivity index (χ0n) is 18.2. The fraction of sp³-hybridized carbons (Fsp3) is 0.0714. The maximum absolute atomic E-state index is 6.41. The Kier molecular flexibility index (Phi) is 4.74. The molecule has 0 N–H and O–H groups in total. The molecule has 0 saturated heterocycles. The number of benzene rings is 5. The molecule has 1 heterocycles. The Morgan fingerprint density at radius 3 is 2.21 bits per heavy atom. The molecule has 0 amide bonds. The van der Waals surface area contributed by atoms with Crippen LogP contribution in [0.1, 0.15) is 5.56 Å². The number of hydrogen-bond acceptors (Lipinski definition) is 4. The van der Waals surface area contributed by atoms with Crippen LogP contribution < -0.4 is 9.26 Å². The first-order valence-electron chi connectivity index (χ1n) is 10.7. The predicted octanol–water partition coefficient (Wildman–Crippen LogP) is 8.76. The number of aryl methyl sites for hydroxylation is 1. The van der Waals surface area contributed by atoms with Crippen molar-refractivity contribution in [3.8, 4) is 11.5 Å². The Bertz CT molecular complexity index is 1700. The van der Waals surface area contributed by atoms with Crippen molar-refractivity contribution in [3.63, 3.8) is 0 Å². The van der Waals surface area contributed by atoms with Gasteiger partial charge >= 0.3 is 8.24 Å². The van der Waals surface area contributed by atoms with E-state index in [1.807, 2.05) is 54.6 Å². The van der Waals surface area contributed by atoms with Gasteiger partial charge in [-0.05, 0) is 52.9 Å². The second-order valence-corrected chi connectivity index (χ2v) is 8.97. The summed E-state index contributed by atoms with van der Waals surface area (Å²) in [5, 5.41) is 6.25. The quantitative estimate of drug-likeness (QED) is 0.269. The second kappa shape index (κ2) is 7.91. The summed E-state index contributed by atoms with van der Waals surface area (Å²) in [4.78, 5) is 0. The van der Waals surface area contributed by atoms with E-state index in [4.69, 9.17) is 17.7 Å². The highest BCUT2D eigenvalue weighted by Gasteiger charge is 2.16. The fourth-order valence-corrected chi connectivity index (χ4v) is 5.42. The second-order valence-electron chi connectivity index (χ2n) is 7.98. The summed E-state index contributed by atoms with van der Waals surface area (Å²) in [5.41, 5.74) is 2.44. The smallest absolute Gasteiger partial charge is 0.453 e. The molecule has 6 aromatic rings. The predicted molar refractivity (Wildman–Crippen MR) is 135 cm³/mol. The van der Waals surface area contributed by atoms with Crippen LogP contribution in [0.2, 0.25) is 0 Å². The van der Waals surface area contributed by atoms with Crippen LogP contribution in [-0.2, 0) is 0 Å². The first-order valence-corrected chi connectivity index (χ1v) is 11.8. The van der Waals surface area contributed by atoms with Gasteiger partial charge in [-0.15, -0.1) is 0 Å². The Hall–Kier alpha value is -3.88. The van der Waals surface area contributed by atoms with Gasteiger partial charge < -0.3 is 17.7 Å². The first kappa shape index (κ1) is 19.8. The van der Waals surface area contributed by atoms with E-state index in [-0.39, 0.29) is 0 Å². The highest BCUT2D eigenvalue weighted by atomic mass is 31.1. The molecule has 5 heteroatoms. The van der Waals surface area contributed by atoms with Crippen molar-refractivity contribution in [3.05, 3.63) is 96.6 Å². The zero-order valence-corrected chi connectivity index (χ0v) is 19.1. The first-order chi connectivity index (χ1) is 16.2. The van der Waals surface area contributed by atoms with E-state index >= 15 is 0 Å². The van der Waals surface area contributed by atoms with E-state index in [0.717, 1.165) is 49.2 Å². The standard InChI is InChI=1S/C28H21O4P/c1-18-16-23-27-22-12-6-4-9-20(22)14-15-25(27)31-33(32-28(23)26(17-18)29-2)30-24-13-7-10-19-8-3-5-11-21(19)24/h3-17H,1-2H3. The van der Waals surface area contributed by atoms with Gasteiger partial charge in [0, 0.05) is 16.2 Å². The summed E-state index contributed by atoms with van der Waals surface area (Å²) >= 11 is 0. The average Bonchev–Trinajstić information content (AvgIpc) is 3.00. The van der Waals surface area contributed by atoms with E-state index in [2.05, 4.69) is 43.3 Å². The van der Waals surface area contributed by atoms with Gasteiger partial charge in [0.15, 0.2) is 11.3 Å². The van der Waals surface area contributed by atoms with Gasteiger partial charge in [0.05, 0.1) is 7.11 Å². The molecule has 0 fully saturated rings. The SMILES string of the molecule is COc1cc(C)cc2c1op(Oc1cccc3ccccc13)oc1ccc3ccccc3c12. The highest BCUT2D eigenvalue weighted by molar-refractivity contribution is 7.32. The average molecular weight is 452 g/mol. The largest absolute Gasteiger partial charge is 0.493 e. The fourth-order valence-electron chi connectivity index (χ4n) is 4.34. The van der Waals surface area contributed by atoms with Gasteiger partial charge in [0.25, 0.3) is 0 Å². The summed E-state index contributed by atoms with van der Waals surface area (Å²) < 4.78 is 24.9. The van der Waals surface area contributed by atoms with E-state index in [1.165, 1.54) is 0 Å². The van der Waals surface area contributed by atoms with Crippen LogP contribution in [0.4, 0.5) is 0 Å². The molecule has 33 heavy (non-hydrogen) atoms. The van der Waals surface area contributed by atoms with Crippen LogP contribution in [-0.4, -0.2) is 7.11 Å². The molecule has 162 valence electrons. The normalized spacial score (nSPS) is 11.9. The molecule has 6 rings (SSSR count). The van der Waals surface area contributed by atoms with E-state index in [1.54, 1.807) is 7.11 Å². The Morgan fingerprint density at radius 2 is 1.39 bits per heavy atom. The summed E-state index contributed by atoms with van der Waals surface area (Å²) in [6.07, 6.45) is 0. The van der Waals surface area contributed by atoms with Gasteiger partial charge in [-0.25, -0.2) is 0 Å². The lowest BCUT2D eigenvalue weighted by atomic mass is 10.0. The minimum absolute atomic E-state index is 0.629. The molecule has 1 atom stereocenters. The lowest BCUT2D eigenvalue weighted by Gasteiger charge is -2.07. The molecule has 0 aliphatic heterocycles. The summed E-state index contributed by atoms with van der Waals surface area (Å²) in [6.45, 7) is 2.05. The molecule has 0 bridgehead atoms. The number of ether oxygens (including phenoxy) is 1. The molecular formula is C28H21O4P. The Morgan fingerprint density at radius 1 is 0.667 bits per heavy atom. The van der Waals surface area contributed by atoms with Crippen LogP contribution in [0.15, 0.2) is 99.4 Å². The molecule has 0 aliphatic carbocycles. The lowest BCUT2D eigenvalue weighted by molar-refractivity contribution is 0.410. The third-order valence-corrected chi connectivity index (χ3v) is 6.86. The topological polar surface area (TPSA) is 44.7 Å². The van der Waals surface area contributed by atoms with Gasteiger partial charge in [-0.3, -0.25) is 0 Å². The van der Waals surface area contributed by atoms with Gasteiger partial charge in [-0.1, -0.05) is 66.7 Å². The molecule has 5 aromatic carbocycles. The number of rotatable bonds is 3. The molecule has 0 spiro atoms. The molecule has 1 unspecified atom stereocenters. The molecule has 1 aromatic heterocycles. The number of methoxy groups -OCH3 is 1. The van der Waals surface area contributed by atoms with Crippen molar-refractivity contribution >= 4 is 51.7 Å². The highest BCUT2D eigenvalue weighted by Crippen LogP contribution is 2.43. The molecule has 0 saturated carbocycles. The Balaban J connectivity index is 1.71. The van der Waals surface area contributed by atoms with Crippen LogP contribution in [0.25, 0.3) is 43.5 Å². The van der Waals surface area contributed by atoms with Crippen LogP contribution in [0, 0.1) is 6.92 Å². The van der Waals surface area contributed by atoms with Crippen molar-refractivity contribution < 1.29 is 17.7 Å². The molecule has 0 aliphatic rings. The number of hydrogen-bond donors (Lipinski definition) is 0. The zero-order chi connectivity index (χ0) is 22.4. The third-order valence-electron chi connectivity index (χ3n) is 5.84. The van der Waals surface area contributed by atoms with E-state index < -0.39 is 8.24 Å². The van der Waals surface area contributed by atoms with E-state index in [0.29, 0.717) is 11.3 Å². The van der Waals surface area contributed by atoms with Gasteiger partial charge in [0.2, 0.25) is 0 Å². The van der Waals surface area contributed by atoms with Crippen molar-refractivity contribution in [2.24, 2.45) is 0 Å². The van der Waals surface area contributed by atoms with Crippen molar-refractivity contribution in [2.75, 3.05) is 7.11 Å². The van der Waals surface area contributed by atoms with Crippen LogP contribution in [0.5, 0.6) is 11.5 Å². The summed E-state index contributed by atoms with van der Waals surface area (Å²) in [7, 11) is -0.133. The van der Waals surface area contributed by atoms with Crippen LogP contribution >= 0.6 is 8.24 Å². The number of fused-ring (bicyclic) bond motifs is 6. The minimum atomic E-state index is -1.79. The van der Waals surface area contributed by atoms with E-state index in [9.17, 15) is 0 Å². The van der Waals surface area contributed by atoms with Crippen molar-refractivity contribution in [1.82, 2.24) is 0 Å². The minimum Gasteiger partial charge on any atom is -0.493 e. The summed E-state index contributed by atoms with van der Waals surface area (Å²) in [5.74, 6) is 1.37. The van der Waals surface area contributed by atoms with Gasteiger partial charge in [-0.2, -0.15) is 0 Å².